The van der Waals surface area contributed by atoms with Crippen molar-refractivity contribution >= 4 is 16.6 Å². The quantitative estimate of drug-likeness (QED) is 0.667. The first kappa shape index (κ1) is 9.84. The molecule has 0 saturated heterocycles. The van der Waals surface area contributed by atoms with Crippen LogP contribution in [0.5, 0.6) is 0 Å². The smallest absolute Gasteiger partial charge is 0.145 e. The predicted octanol–water partition coefficient (Wildman–Crippen LogP) is 2.52. The topological polar surface area (TPSA) is 67.6 Å². The Hall–Kier alpha value is -2.36. The second kappa shape index (κ2) is 3.59. The maximum atomic E-state index is 5.60. The maximum absolute atomic E-state index is 5.60. The molecule has 0 aliphatic heterocycles. The van der Waals surface area contributed by atoms with Gasteiger partial charge in [0, 0.05) is 28.9 Å². The van der Waals surface area contributed by atoms with E-state index in [1.54, 1.807) is 0 Å². The summed E-state index contributed by atoms with van der Waals surface area (Å²) in [5.41, 5.74) is 8.65. The van der Waals surface area contributed by atoms with Gasteiger partial charge in [-0.3, -0.25) is 10.1 Å². The zero-order valence-electron chi connectivity index (χ0n) is 9.44. The van der Waals surface area contributed by atoms with Gasteiger partial charge in [0.1, 0.15) is 5.82 Å². The Morgan fingerprint density at radius 3 is 2.82 bits per heavy atom. The zero-order chi connectivity index (χ0) is 11.8. The molecule has 0 aliphatic rings. The summed E-state index contributed by atoms with van der Waals surface area (Å²) < 4.78 is 0. The number of fused-ring (bicyclic) bond motifs is 1. The van der Waals surface area contributed by atoms with E-state index >= 15 is 0 Å². The summed E-state index contributed by atoms with van der Waals surface area (Å²) >= 11 is 0. The molecule has 0 atom stereocenters. The monoisotopic (exact) mass is 224 g/mol. The molecular formula is C13H12N4. The van der Waals surface area contributed by atoms with Crippen LogP contribution < -0.4 is 5.73 Å². The van der Waals surface area contributed by atoms with Crippen LogP contribution in [0.2, 0.25) is 0 Å². The fourth-order valence-electron chi connectivity index (χ4n) is 1.98. The number of anilines is 1. The summed E-state index contributed by atoms with van der Waals surface area (Å²) in [4.78, 5) is 4.27. The molecule has 0 unspecified atom stereocenters. The van der Waals surface area contributed by atoms with Gasteiger partial charge < -0.3 is 5.73 Å². The molecule has 0 spiro atoms. The molecule has 4 nitrogen and oxygen atoms in total. The van der Waals surface area contributed by atoms with Crippen molar-refractivity contribution in [2.45, 2.75) is 6.92 Å². The number of pyridine rings is 1. The Bertz CT molecular complexity index is 685. The predicted molar refractivity (Wildman–Crippen MR) is 68.5 cm³/mol. The molecule has 3 aromatic rings. The van der Waals surface area contributed by atoms with Crippen molar-refractivity contribution < 1.29 is 0 Å². The summed E-state index contributed by atoms with van der Waals surface area (Å²) in [5, 5.41) is 9.18. The second-order valence-corrected chi connectivity index (χ2v) is 4.04. The number of aryl methyl sites for hydroxylation is 1. The van der Waals surface area contributed by atoms with Gasteiger partial charge >= 0.3 is 0 Å². The molecule has 17 heavy (non-hydrogen) atoms. The van der Waals surface area contributed by atoms with Crippen molar-refractivity contribution in [1.29, 1.82) is 0 Å². The van der Waals surface area contributed by atoms with E-state index in [0.29, 0.717) is 5.82 Å². The van der Waals surface area contributed by atoms with E-state index in [1.165, 1.54) is 10.8 Å². The lowest BCUT2D eigenvalue weighted by molar-refractivity contribution is 1.10. The highest BCUT2D eigenvalue weighted by Crippen LogP contribution is 2.24. The average molecular weight is 224 g/mol. The number of benzene rings is 1. The van der Waals surface area contributed by atoms with Crippen LogP contribution in [0.15, 0.2) is 36.5 Å². The van der Waals surface area contributed by atoms with Gasteiger partial charge in [0.15, 0.2) is 0 Å². The van der Waals surface area contributed by atoms with Crippen molar-refractivity contribution in [1.82, 2.24) is 15.2 Å². The van der Waals surface area contributed by atoms with Gasteiger partial charge in [0.2, 0.25) is 0 Å². The maximum Gasteiger partial charge on any atom is 0.145 e. The third-order valence-electron chi connectivity index (χ3n) is 2.87. The SMILES string of the molecule is Cc1nccc2cc(-c3cc(N)n[nH]3)ccc12. The number of aromatic nitrogens is 3. The number of hydrogen-bond donors (Lipinski definition) is 2. The second-order valence-electron chi connectivity index (χ2n) is 4.04. The summed E-state index contributed by atoms with van der Waals surface area (Å²) in [5.74, 6) is 0.506. The molecule has 0 amide bonds. The third-order valence-corrected chi connectivity index (χ3v) is 2.87. The molecule has 0 aliphatic carbocycles. The minimum Gasteiger partial charge on any atom is -0.382 e. The highest BCUT2D eigenvalue weighted by atomic mass is 15.2. The van der Waals surface area contributed by atoms with Gasteiger partial charge in [0.05, 0.1) is 5.69 Å². The molecule has 0 radical (unpaired) electrons. The minimum atomic E-state index is 0.506. The normalized spacial score (nSPS) is 10.9. The van der Waals surface area contributed by atoms with Gasteiger partial charge in [-0.25, -0.2) is 0 Å². The molecule has 1 aromatic carbocycles. The average Bonchev–Trinajstić information content (AvgIpc) is 2.76. The fourth-order valence-corrected chi connectivity index (χ4v) is 1.98. The van der Waals surface area contributed by atoms with Gasteiger partial charge in [-0.1, -0.05) is 12.1 Å². The molecule has 3 rings (SSSR count). The first-order chi connectivity index (χ1) is 8.24. The Morgan fingerprint density at radius 2 is 2.06 bits per heavy atom. The Kier molecular flexibility index (Phi) is 2.08. The Morgan fingerprint density at radius 1 is 1.18 bits per heavy atom. The van der Waals surface area contributed by atoms with Crippen LogP contribution in [0.4, 0.5) is 5.82 Å². The molecule has 0 bridgehead atoms. The summed E-state index contributed by atoms with van der Waals surface area (Å²) in [6.45, 7) is 2.01. The van der Waals surface area contributed by atoms with Gasteiger partial charge in [-0.05, 0) is 24.4 Å². The number of rotatable bonds is 1. The van der Waals surface area contributed by atoms with Crippen LogP contribution in [0, 0.1) is 6.92 Å². The largest absolute Gasteiger partial charge is 0.382 e. The minimum absolute atomic E-state index is 0.506. The van der Waals surface area contributed by atoms with E-state index in [2.05, 4.69) is 27.3 Å². The number of nitrogens with one attached hydrogen (secondary N) is 1. The Balaban J connectivity index is 2.20. The van der Waals surface area contributed by atoms with Crippen molar-refractivity contribution in [2.75, 3.05) is 5.73 Å². The molecule has 0 saturated carbocycles. The molecule has 0 fully saturated rings. The molecule has 4 heteroatoms. The van der Waals surface area contributed by atoms with Crippen molar-refractivity contribution in [3.63, 3.8) is 0 Å². The molecule has 2 aromatic heterocycles. The first-order valence-electron chi connectivity index (χ1n) is 5.41. The van der Waals surface area contributed by atoms with Gasteiger partial charge in [0.25, 0.3) is 0 Å². The van der Waals surface area contributed by atoms with E-state index in [-0.39, 0.29) is 0 Å². The Labute approximate surface area is 98.5 Å². The number of aromatic amines is 1. The van der Waals surface area contributed by atoms with Crippen molar-refractivity contribution in [2.24, 2.45) is 0 Å². The van der Waals surface area contributed by atoms with Crippen LogP contribution in [-0.4, -0.2) is 15.2 Å². The molecule has 84 valence electrons. The lowest BCUT2D eigenvalue weighted by atomic mass is 10.1. The first-order valence-corrected chi connectivity index (χ1v) is 5.41. The van der Waals surface area contributed by atoms with Crippen LogP contribution in [-0.2, 0) is 0 Å². The van der Waals surface area contributed by atoms with Crippen LogP contribution in [0.1, 0.15) is 5.69 Å². The standard InChI is InChI=1S/C13H12N4/c1-8-11-3-2-10(6-9(11)4-5-15-8)12-7-13(14)17-16-12/h2-7H,1H3,(H3,14,16,17). The van der Waals surface area contributed by atoms with E-state index in [0.717, 1.165) is 17.0 Å². The van der Waals surface area contributed by atoms with Crippen molar-refractivity contribution in [3.05, 3.63) is 42.2 Å². The zero-order valence-corrected chi connectivity index (χ0v) is 9.44. The molecular weight excluding hydrogens is 212 g/mol. The third kappa shape index (κ3) is 1.63. The van der Waals surface area contributed by atoms with E-state index in [1.807, 2.05) is 31.3 Å². The highest BCUT2D eigenvalue weighted by Gasteiger charge is 2.04. The summed E-state index contributed by atoms with van der Waals surface area (Å²) in [6.07, 6.45) is 1.82. The number of nitrogen functional groups attached to an aromatic ring is 1. The lowest BCUT2D eigenvalue weighted by Crippen LogP contribution is -1.84. The number of nitrogens with zero attached hydrogens (tertiary/aromatic N) is 2. The summed E-state index contributed by atoms with van der Waals surface area (Å²) in [6, 6.07) is 10.1. The van der Waals surface area contributed by atoms with E-state index < -0.39 is 0 Å². The lowest BCUT2D eigenvalue weighted by Gasteiger charge is -2.03. The molecule has 3 N–H and O–H groups in total. The number of nitrogens with two attached hydrogens (primary N) is 1. The molecule has 2 heterocycles. The van der Waals surface area contributed by atoms with E-state index in [9.17, 15) is 0 Å². The van der Waals surface area contributed by atoms with Gasteiger partial charge in [-0.2, -0.15) is 5.10 Å². The van der Waals surface area contributed by atoms with Crippen LogP contribution in [0.25, 0.3) is 22.0 Å². The fraction of sp³-hybridized carbons (Fsp3) is 0.0769. The summed E-state index contributed by atoms with van der Waals surface area (Å²) in [7, 11) is 0. The van der Waals surface area contributed by atoms with Crippen LogP contribution in [0.3, 0.4) is 0 Å². The van der Waals surface area contributed by atoms with Gasteiger partial charge in [-0.15, -0.1) is 0 Å². The van der Waals surface area contributed by atoms with E-state index in [4.69, 9.17) is 5.73 Å². The number of hydrogen-bond acceptors (Lipinski definition) is 3. The van der Waals surface area contributed by atoms with Crippen LogP contribution >= 0.6 is 0 Å². The highest BCUT2D eigenvalue weighted by molar-refractivity contribution is 5.88. The number of H-pyrrole nitrogens is 1. The van der Waals surface area contributed by atoms with Crippen molar-refractivity contribution in [3.8, 4) is 11.3 Å².